The van der Waals surface area contributed by atoms with Crippen LogP contribution in [0.2, 0.25) is 10.0 Å². The van der Waals surface area contributed by atoms with E-state index in [0.717, 1.165) is 5.56 Å². The molecular formula is C18H20Cl2N2O3S. The van der Waals surface area contributed by atoms with Crippen LogP contribution in [0, 0.1) is 0 Å². The number of hydrogen-bond donors (Lipinski definition) is 1. The van der Waals surface area contributed by atoms with Gasteiger partial charge in [-0.1, -0.05) is 35.3 Å². The number of nitrogens with zero attached hydrogens (tertiary/aromatic N) is 1. The molecule has 26 heavy (non-hydrogen) atoms. The SMILES string of the molecule is CC(C)N(C)S(=O)(=O)c1ccc(Cl)c(C(=O)NCc2ccc(Cl)cc2)c1. The molecule has 8 heteroatoms. The Kier molecular flexibility index (Phi) is 6.69. The van der Waals surface area contributed by atoms with E-state index in [0.29, 0.717) is 5.02 Å². The van der Waals surface area contributed by atoms with E-state index >= 15 is 0 Å². The highest BCUT2D eigenvalue weighted by Gasteiger charge is 2.25. The molecule has 0 aliphatic carbocycles. The Morgan fingerprint density at radius 3 is 2.31 bits per heavy atom. The summed E-state index contributed by atoms with van der Waals surface area (Å²) in [6, 6.07) is 10.9. The number of carbonyl (C=O) groups excluding carboxylic acids is 1. The summed E-state index contributed by atoms with van der Waals surface area (Å²) in [4.78, 5) is 12.5. The number of benzene rings is 2. The minimum absolute atomic E-state index is 0.0229. The molecule has 2 aromatic carbocycles. The van der Waals surface area contributed by atoms with Crippen molar-refractivity contribution in [3.05, 3.63) is 63.6 Å². The van der Waals surface area contributed by atoms with Crippen LogP contribution in [0.5, 0.6) is 0 Å². The third kappa shape index (κ3) is 4.76. The topological polar surface area (TPSA) is 66.5 Å². The fourth-order valence-corrected chi connectivity index (χ4v) is 3.89. The highest BCUT2D eigenvalue weighted by Crippen LogP contribution is 2.23. The third-order valence-electron chi connectivity index (χ3n) is 3.95. The number of hydrogen-bond acceptors (Lipinski definition) is 3. The van der Waals surface area contributed by atoms with Crippen molar-refractivity contribution in [3.63, 3.8) is 0 Å². The molecule has 0 heterocycles. The van der Waals surface area contributed by atoms with Gasteiger partial charge in [-0.2, -0.15) is 4.31 Å². The van der Waals surface area contributed by atoms with E-state index in [-0.39, 0.29) is 28.1 Å². The van der Waals surface area contributed by atoms with Gasteiger partial charge >= 0.3 is 0 Å². The summed E-state index contributed by atoms with van der Waals surface area (Å²) in [5.74, 6) is -0.450. The average Bonchev–Trinajstić information content (AvgIpc) is 2.60. The summed E-state index contributed by atoms with van der Waals surface area (Å²) in [7, 11) is -2.21. The van der Waals surface area contributed by atoms with Gasteiger partial charge in [0.25, 0.3) is 5.91 Å². The van der Waals surface area contributed by atoms with Crippen molar-refractivity contribution in [1.82, 2.24) is 9.62 Å². The van der Waals surface area contributed by atoms with Crippen LogP contribution in [0.3, 0.4) is 0 Å². The Balaban J connectivity index is 2.23. The van der Waals surface area contributed by atoms with E-state index < -0.39 is 15.9 Å². The minimum Gasteiger partial charge on any atom is -0.348 e. The monoisotopic (exact) mass is 414 g/mol. The molecule has 0 saturated carbocycles. The largest absolute Gasteiger partial charge is 0.348 e. The first-order valence-corrected chi connectivity index (χ1v) is 10.1. The number of carbonyl (C=O) groups is 1. The molecular weight excluding hydrogens is 395 g/mol. The molecule has 0 aliphatic heterocycles. The molecule has 0 radical (unpaired) electrons. The van der Waals surface area contributed by atoms with Gasteiger partial charge in [0.2, 0.25) is 10.0 Å². The first kappa shape index (κ1) is 20.7. The Morgan fingerprint density at radius 2 is 1.73 bits per heavy atom. The van der Waals surface area contributed by atoms with Crippen molar-refractivity contribution in [3.8, 4) is 0 Å². The van der Waals surface area contributed by atoms with Crippen LogP contribution in [-0.4, -0.2) is 31.7 Å². The number of halogens is 2. The van der Waals surface area contributed by atoms with Gasteiger partial charge in [-0.05, 0) is 49.7 Å². The summed E-state index contributed by atoms with van der Waals surface area (Å²) in [6.07, 6.45) is 0. The first-order valence-electron chi connectivity index (χ1n) is 7.93. The zero-order chi connectivity index (χ0) is 19.5. The predicted molar refractivity (Wildman–Crippen MR) is 104 cm³/mol. The third-order valence-corrected chi connectivity index (χ3v) is 6.56. The Hall–Kier alpha value is -1.60. The Bertz CT molecular complexity index is 897. The summed E-state index contributed by atoms with van der Waals surface area (Å²) in [5, 5.41) is 3.52. The first-order chi connectivity index (χ1) is 12.1. The average molecular weight is 415 g/mol. The van der Waals surface area contributed by atoms with Crippen molar-refractivity contribution < 1.29 is 13.2 Å². The van der Waals surface area contributed by atoms with Crippen LogP contribution >= 0.6 is 23.2 Å². The lowest BCUT2D eigenvalue weighted by Gasteiger charge is -2.21. The Labute approximate surface area is 164 Å². The number of amides is 1. The fraction of sp³-hybridized carbons (Fsp3) is 0.278. The zero-order valence-electron chi connectivity index (χ0n) is 14.7. The van der Waals surface area contributed by atoms with Crippen LogP contribution in [-0.2, 0) is 16.6 Å². The highest BCUT2D eigenvalue weighted by molar-refractivity contribution is 7.89. The molecule has 2 aromatic rings. The van der Waals surface area contributed by atoms with E-state index in [9.17, 15) is 13.2 Å². The fourth-order valence-electron chi connectivity index (χ4n) is 2.16. The normalized spacial score (nSPS) is 11.8. The van der Waals surface area contributed by atoms with Crippen LogP contribution in [0.4, 0.5) is 0 Å². The van der Waals surface area contributed by atoms with E-state index in [2.05, 4.69) is 5.32 Å². The van der Waals surface area contributed by atoms with Crippen LogP contribution < -0.4 is 5.32 Å². The number of nitrogens with one attached hydrogen (secondary N) is 1. The minimum atomic E-state index is -3.70. The number of rotatable bonds is 6. The lowest BCUT2D eigenvalue weighted by molar-refractivity contribution is 0.0951. The van der Waals surface area contributed by atoms with Crippen molar-refractivity contribution >= 4 is 39.1 Å². The molecule has 0 atom stereocenters. The Morgan fingerprint density at radius 1 is 1.12 bits per heavy atom. The maximum Gasteiger partial charge on any atom is 0.253 e. The van der Waals surface area contributed by atoms with Crippen molar-refractivity contribution in [1.29, 1.82) is 0 Å². The number of sulfonamides is 1. The molecule has 0 bridgehead atoms. The summed E-state index contributed by atoms with van der Waals surface area (Å²) in [5.41, 5.74) is 0.973. The smallest absolute Gasteiger partial charge is 0.253 e. The van der Waals surface area contributed by atoms with Gasteiger partial charge in [-0.15, -0.1) is 0 Å². The molecule has 0 aliphatic rings. The van der Waals surface area contributed by atoms with Crippen LogP contribution in [0.15, 0.2) is 47.4 Å². The standard InChI is InChI=1S/C18H20Cl2N2O3S/c1-12(2)22(3)26(24,25)15-8-9-17(20)16(10-15)18(23)21-11-13-4-6-14(19)7-5-13/h4-10,12H,11H2,1-3H3,(H,21,23). The lowest BCUT2D eigenvalue weighted by Crippen LogP contribution is -2.33. The molecule has 1 N–H and O–H groups in total. The quantitative estimate of drug-likeness (QED) is 0.777. The van der Waals surface area contributed by atoms with Gasteiger partial charge in [0, 0.05) is 24.7 Å². The maximum atomic E-state index is 12.6. The van der Waals surface area contributed by atoms with Gasteiger partial charge in [0.1, 0.15) is 0 Å². The van der Waals surface area contributed by atoms with E-state index in [1.54, 1.807) is 38.1 Å². The molecule has 0 unspecified atom stereocenters. The van der Waals surface area contributed by atoms with Crippen molar-refractivity contribution in [2.45, 2.75) is 31.3 Å². The summed E-state index contributed by atoms with van der Waals surface area (Å²) >= 11 is 11.9. The maximum absolute atomic E-state index is 12.6. The summed E-state index contributed by atoms with van der Waals surface area (Å²) < 4.78 is 26.5. The van der Waals surface area contributed by atoms with Gasteiger partial charge < -0.3 is 5.32 Å². The second-order valence-corrected chi connectivity index (χ2v) is 8.91. The van der Waals surface area contributed by atoms with Gasteiger partial charge in [-0.3, -0.25) is 4.79 Å². The predicted octanol–water partition coefficient (Wildman–Crippen LogP) is 3.95. The second-order valence-electron chi connectivity index (χ2n) is 6.07. The molecule has 2 rings (SSSR count). The van der Waals surface area contributed by atoms with Crippen LogP contribution in [0.1, 0.15) is 29.8 Å². The molecule has 0 fully saturated rings. The van der Waals surface area contributed by atoms with Gasteiger partial charge in [0.15, 0.2) is 0 Å². The summed E-state index contributed by atoms with van der Waals surface area (Å²) in [6.45, 7) is 3.82. The molecule has 0 spiro atoms. The van der Waals surface area contributed by atoms with E-state index in [1.165, 1.54) is 29.6 Å². The highest BCUT2D eigenvalue weighted by atomic mass is 35.5. The van der Waals surface area contributed by atoms with Gasteiger partial charge in [-0.25, -0.2) is 8.42 Å². The van der Waals surface area contributed by atoms with E-state index in [4.69, 9.17) is 23.2 Å². The zero-order valence-corrected chi connectivity index (χ0v) is 17.0. The molecule has 1 amide bonds. The van der Waals surface area contributed by atoms with Crippen LogP contribution in [0.25, 0.3) is 0 Å². The van der Waals surface area contributed by atoms with E-state index in [1.807, 2.05) is 0 Å². The molecule has 0 aromatic heterocycles. The van der Waals surface area contributed by atoms with Crippen molar-refractivity contribution in [2.75, 3.05) is 7.05 Å². The lowest BCUT2D eigenvalue weighted by atomic mass is 10.2. The van der Waals surface area contributed by atoms with Gasteiger partial charge in [0.05, 0.1) is 15.5 Å². The molecule has 5 nitrogen and oxygen atoms in total. The molecule has 140 valence electrons. The van der Waals surface area contributed by atoms with Crippen molar-refractivity contribution in [2.24, 2.45) is 0 Å². The second kappa shape index (κ2) is 8.39. The molecule has 0 saturated heterocycles.